The second-order valence-corrected chi connectivity index (χ2v) is 4.82. The van der Waals surface area contributed by atoms with Crippen molar-refractivity contribution in [2.45, 2.75) is 13.3 Å². The molecule has 3 N–H and O–H groups in total. The maximum atomic E-state index is 12.0. The van der Waals surface area contributed by atoms with Gasteiger partial charge in [-0.2, -0.15) is 0 Å². The Bertz CT molecular complexity index is 765. The van der Waals surface area contributed by atoms with Crippen LogP contribution in [0.4, 0.5) is 0 Å². The molecule has 0 atom stereocenters. The smallest absolute Gasteiger partial charge is 0.340 e. The van der Waals surface area contributed by atoms with Gasteiger partial charge < -0.3 is 24.7 Å². The molecule has 1 heterocycles. The van der Waals surface area contributed by atoms with Gasteiger partial charge >= 0.3 is 5.63 Å². The molecular formula is C15H17NO6. The lowest BCUT2D eigenvalue weighted by Crippen LogP contribution is -2.30. The van der Waals surface area contributed by atoms with E-state index in [1.54, 1.807) is 6.92 Å². The molecule has 0 aliphatic heterocycles. The lowest BCUT2D eigenvalue weighted by Gasteiger charge is -2.09. The van der Waals surface area contributed by atoms with Crippen LogP contribution in [0.5, 0.6) is 11.5 Å². The molecule has 0 spiro atoms. The third-order valence-electron chi connectivity index (χ3n) is 3.37. The number of carbonyl (C=O) groups is 1. The monoisotopic (exact) mass is 307 g/mol. The van der Waals surface area contributed by atoms with Gasteiger partial charge in [-0.15, -0.1) is 0 Å². The summed E-state index contributed by atoms with van der Waals surface area (Å²) in [5.74, 6) is -1.19. The van der Waals surface area contributed by atoms with E-state index in [1.165, 1.54) is 19.2 Å². The first-order valence-electron chi connectivity index (χ1n) is 6.68. The average Bonchev–Trinajstić information content (AvgIpc) is 2.48. The topological polar surface area (TPSA) is 109 Å². The lowest BCUT2D eigenvalue weighted by atomic mass is 10.0. The molecule has 0 aliphatic rings. The Balaban J connectivity index is 2.37. The quantitative estimate of drug-likeness (QED) is 0.428. The highest BCUT2D eigenvalue weighted by atomic mass is 16.5. The van der Waals surface area contributed by atoms with Crippen LogP contribution in [0.2, 0.25) is 0 Å². The van der Waals surface area contributed by atoms with Gasteiger partial charge in [0.05, 0.1) is 18.6 Å². The van der Waals surface area contributed by atoms with Crippen molar-refractivity contribution in [1.82, 2.24) is 5.32 Å². The molecule has 0 saturated heterocycles. The number of methoxy groups -OCH3 is 1. The molecule has 2 rings (SSSR count). The zero-order valence-electron chi connectivity index (χ0n) is 12.3. The summed E-state index contributed by atoms with van der Waals surface area (Å²) >= 11 is 0. The summed E-state index contributed by atoms with van der Waals surface area (Å²) in [5.41, 5.74) is -0.0604. The summed E-state index contributed by atoms with van der Waals surface area (Å²) < 4.78 is 9.87. The fourth-order valence-electron chi connectivity index (χ4n) is 2.15. The summed E-state index contributed by atoms with van der Waals surface area (Å²) in [4.78, 5) is 23.8. The minimum Gasteiger partial charge on any atom is -0.504 e. The van der Waals surface area contributed by atoms with E-state index in [1.807, 2.05) is 0 Å². The molecule has 1 aromatic carbocycles. The number of amides is 1. The summed E-state index contributed by atoms with van der Waals surface area (Å²) in [6, 6.07) is 2.82. The van der Waals surface area contributed by atoms with Gasteiger partial charge in [0.25, 0.3) is 0 Å². The summed E-state index contributed by atoms with van der Waals surface area (Å²) in [5, 5.41) is 22.3. The molecule has 0 bridgehead atoms. The number of fused-ring (bicyclic) bond motifs is 1. The third-order valence-corrected chi connectivity index (χ3v) is 3.37. The summed E-state index contributed by atoms with van der Waals surface area (Å²) in [6.07, 6.45) is -0.130. The molecule has 0 aliphatic carbocycles. The molecule has 1 amide bonds. The highest BCUT2D eigenvalue weighted by Gasteiger charge is 2.17. The minimum absolute atomic E-state index is 0.0916. The van der Waals surface area contributed by atoms with Crippen molar-refractivity contribution in [3.05, 3.63) is 33.7 Å². The van der Waals surface area contributed by atoms with Gasteiger partial charge in [-0.25, -0.2) is 4.79 Å². The molecule has 2 aromatic rings. The van der Waals surface area contributed by atoms with Gasteiger partial charge in [-0.05, 0) is 24.6 Å². The van der Waals surface area contributed by atoms with Gasteiger partial charge in [0.1, 0.15) is 0 Å². The Hall–Kier alpha value is -2.54. The van der Waals surface area contributed by atoms with E-state index < -0.39 is 11.4 Å². The highest BCUT2D eigenvalue weighted by Crippen LogP contribution is 2.34. The predicted molar refractivity (Wildman–Crippen MR) is 79.1 cm³/mol. The fourth-order valence-corrected chi connectivity index (χ4v) is 2.15. The number of carbonyl (C=O) groups excluding carboxylic acids is 1. The van der Waals surface area contributed by atoms with E-state index in [9.17, 15) is 19.8 Å². The first kappa shape index (κ1) is 15.8. The Morgan fingerprint density at radius 1 is 1.36 bits per heavy atom. The Kier molecular flexibility index (Phi) is 4.67. The minimum atomic E-state index is -0.715. The fraction of sp³-hybridized carbons (Fsp3) is 0.333. The number of phenols is 2. The molecule has 7 nitrogen and oxygen atoms in total. The third kappa shape index (κ3) is 3.04. The average molecular weight is 307 g/mol. The summed E-state index contributed by atoms with van der Waals surface area (Å²) in [6.45, 7) is 2.39. The van der Waals surface area contributed by atoms with Crippen molar-refractivity contribution in [3.8, 4) is 11.5 Å². The van der Waals surface area contributed by atoms with Crippen molar-refractivity contribution < 1.29 is 24.2 Å². The Labute approximate surface area is 126 Å². The number of aromatic hydroxyl groups is 2. The number of nitrogens with one attached hydrogen (secondary N) is 1. The van der Waals surface area contributed by atoms with Crippen molar-refractivity contribution in [3.63, 3.8) is 0 Å². The molecule has 0 fully saturated rings. The van der Waals surface area contributed by atoms with Gasteiger partial charge in [0.2, 0.25) is 11.7 Å². The van der Waals surface area contributed by atoms with Gasteiger partial charge in [-0.3, -0.25) is 4.79 Å². The molecule has 1 aromatic heterocycles. The SMILES string of the molecule is COCCNC(=O)Cc1c(C)c2ccc(O)c(O)c2oc1=O. The first-order chi connectivity index (χ1) is 10.5. The maximum Gasteiger partial charge on any atom is 0.340 e. The van der Waals surface area contributed by atoms with Gasteiger partial charge in [0, 0.05) is 19.0 Å². The molecule has 22 heavy (non-hydrogen) atoms. The van der Waals surface area contributed by atoms with Gasteiger partial charge in [-0.1, -0.05) is 0 Å². The molecule has 7 heteroatoms. The second kappa shape index (κ2) is 6.48. The molecule has 0 radical (unpaired) electrons. The number of phenolic OH excluding ortho intramolecular Hbond substituents is 2. The molecule has 0 unspecified atom stereocenters. The number of ether oxygens (including phenoxy) is 1. The van der Waals surface area contributed by atoms with Crippen LogP contribution in [-0.4, -0.2) is 36.4 Å². The van der Waals surface area contributed by atoms with E-state index >= 15 is 0 Å². The molecular weight excluding hydrogens is 290 g/mol. The molecule has 0 saturated carbocycles. The first-order valence-corrected chi connectivity index (χ1v) is 6.68. The van der Waals surface area contributed by atoms with Gasteiger partial charge in [0.15, 0.2) is 11.3 Å². The summed E-state index contributed by atoms with van der Waals surface area (Å²) in [7, 11) is 1.52. The van der Waals surface area contributed by atoms with E-state index in [2.05, 4.69) is 5.32 Å². The Morgan fingerprint density at radius 3 is 2.77 bits per heavy atom. The zero-order valence-corrected chi connectivity index (χ0v) is 12.3. The number of benzene rings is 1. The lowest BCUT2D eigenvalue weighted by molar-refractivity contribution is -0.120. The highest BCUT2D eigenvalue weighted by molar-refractivity contribution is 5.89. The maximum absolute atomic E-state index is 12.0. The number of rotatable bonds is 5. The molecule has 118 valence electrons. The standard InChI is InChI=1S/C15H17NO6/c1-8-9-3-4-11(17)13(19)14(9)22-15(20)10(8)7-12(18)16-5-6-21-2/h3-4,17,19H,5-7H2,1-2H3,(H,16,18). The largest absolute Gasteiger partial charge is 0.504 e. The van der Waals surface area contributed by atoms with Crippen molar-refractivity contribution >= 4 is 16.9 Å². The van der Waals surface area contributed by atoms with Crippen LogP contribution in [0, 0.1) is 6.92 Å². The van der Waals surface area contributed by atoms with Crippen molar-refractivity contribution in [1.29, 1.82) is 0 Å². The van der Waals surface area contributed by atoms with Crippen LogP contribution in [-0.2, 0) is 16.0 Å². The van der Waals surface area contributed by atoms with E-state index in [0.29, 0.717) is 24.1 Å². The van der Waals surface area contributed by atoms with E-state index in [-0.39, 0.29) is 29.2 Å². The van der Waals surface area contributed by atoms with Crippen LogP contribution >= 0.6 is 0 Å². The van der Waals surface area contributed by atoms with Crippen molar-refractivity contribution in [2.24, 2.45) is 0 Å². The van der Waals surface area contributed by atoms with Crippen LogP contribution in [0.15, 0.2) is 21.3 Å². The van der Waals surface area contributed by atoms with Crippen molar-refractivity contribution in [2.75, 3.05) is 20.3 Å². The van der Waals surface area contributed by atoms with Crippen LogP contribution in [0.3, 0.4) is 0 Å². The van der Waals surface area contributed by atoms with E-state index in [4.69, 9.17) is 9.15 Å². The van der Waals surface area contributed by atoms with Crippen LogP contribution < -0.4 is 10.9 Å². The number of aryl methyl sites for hydroxylation is 1. The number of hydrogen-bond donors (Lipinski definition) is 3. The normalized spacial score (nSPS) is 10.8. The Morgan fingerprint density at radius 2 is 2.09 bits per heavy atom. The van der Waals surface area contributed by atoms with E-state index in [0.717, 1.165) is 0 Å². The second-order valence-electron chi connectivity index (χ2n) is 4.82. The predicted octanol–water partition coefficient (Wildman–Crippen LogP) is 0.818. The van der Waals surface area contributed by atoms with Crippen LogP contribution in [0.1, 0.15) is 11.1 Å². The number of hydrogen-bond acceptors (Lipinski definition) is 6. The van der Waals surface area contributed by atoms with Crippen LogP contribution in [0.25, 0.3) is 11.0 Å². The zero-order chi connectivity index (χ0) is 16.3.